The van der Waals surface area contributed by atoms with Gasteiger partial charge in [0, 0.05) is 13.6 Å². The Morgan fingerprint density at radius 1 is 1.18 bits per heavy atom. The lowest BCUT2D eigenvalue weighted by molar-refractivity contribution is -0.137. The molecule has 2 rings (SSSR count). The standard InChI is InChI=1S/C24H36N4O5/c1-6-16(4)21-24(32)28(5)11-12-33-19-10-8-7-9-17(19)22(30)26-18(13-20(29)27-21)23(31)25-14-15(2)3/h7-10,15-16,18,21H,6,11-14H2,1-5H3,(H,25,31)(H,26,30)(H,27,29)/t16-,18+,21+/m1/s1. The van der Waals surface area contributed by atoms with E-state index in [1.807, 2.05) is 27.7 Å². The molecule has 1 aromatic rings. The van der Waals surface area contributed by atoms with Gasteiger partial charge in [-0.3, -0.25) is 19.2 Å². The molecule has 1 aromatic carbocycles. The summed E-state index contributed by atoms with van der Waals surface area (Å²) >= 11 is 0. The first-order valence-electron chi connectivity index (χ1n) is 11.5. The zero-order valence-corrected chi connectivity index (χ0v) is 20.1. The number of fused-ring (bicyclic) bond motifs is 1. The highest BCUT2D eigenvalue weighted by Crippen LogP contribution is 2.19. The smallest absolute Gasteiger partial charge is 0.255 e. The second-order valence-corrected chi connectivity index (χ2v) is 8.90. The van der Waals surface area contributed by atoms with E-state index in [0.29, 0.717) is 18.7 Å². The van der Waals surface area contributed by atoms with Crippen molar-refractivity contribution in [1.82, 2.24) is 20.9 Å². The normalized spacial score (nSPS) is 21.3. The predicted molar refractivity (Wildman–Crippen MR) is 125 cm³/mol. The summed E-state index contributed by atoms with van der Waals surface area (Å²) in [5.74, 6) is -1.23. The largest absolute Gasteiger partial charge is 0.491 e. The number of ether oxygens (including phenoxy) is 1. The van der Waals surface area contributed by atoms with E-state index in [1.54, 1.807) is 31.3 Å². The van der Waals surface area contributed by atoms with Crippen LogP contribution in [-0.4, -0.2) is 67.4 Å². The lowest BCUT2D eigenvalue weighted by atomic mass is 9.97. The molecule has 0 bridgehead atoms. The molecule has 0 aromatic heterocycles. The van der Waals surface area contributed by atoms with E-state index in [9.17, 15) is 19.2 Å². The fraction of sp³-hybridized carbons (Fsp3) is 0.583. The maximum Gasteiger partial charge on any atom is 0.255 e. The summed E-state index contributed by atoms with van der Waals surface area (Å²) in [6, 6.07) is 4.84. The number of nitrogens with one attached hydrogen (secondary N) is 3. The van der Waals surface area contributed by atoms with Crippen LogP contribution in [0.5, 0.6) is 5.75 Å². The molecule has 0 fully saturated rings. The van der Waals surface area contributed by atoms with E-state index < -0.39 is 29.8 Å². The molecule has 9 nitrogen and oxygen atoms in total. The SMILES string of the molecule is CC[C@@H](C)[C@@H]1NC(=O)C[C@@H](C(=O)NCC(C)C)NC(=O)c2ccccc2OCCN(C)C1=O. The molecule has 0 aliphatic carbocycles. The van der Waals surface area contributed by atoms with Crippen LogP contribution in [0, 0.1) is 11.8 Å². The third-order valence-electron chi connectivity index (χ3n) is 5.68. The molecule has 0 radical (unpaired) electrons. The fourth-order valence-corrected chi connectivity index (χ4v) is 3.39. The first kappa shape index (κ1) is 26.2. The summed E-state index contributed by atoms with van der Waals surface area (Å²) in [6.07, 6.45) is 0.395. The number of hydrogen-bond acceptors (Lipinski definition) is 5. The number of hydrogen-bond donors (Lipinski definition) is 3. The van der Waals surface area contributed by atoms with Gasteiger partial charge in [-0.25, -0.2) is 0 Å². The van der Waals surface area contributed by atoms with E-state index in [2.05, 4.69) is 16.0 Å². The highest BCUT2D eigenvalue weighted by atomic mass is 16.5. The Morgan fingerprint density at radius 2 is 1.88 bits per heavy atom. The summed E-state index contributed by atoms with van der Waals surface area (Å²) in [6.45, 7) is 8.60. The Bertz CT molecular complexity index is 857. The van der Waals surface area contributed by atoms with Crippen molar-refractivity contribution >= 4 is 23.6 Å². The zero-order valence-electron chi connectivity index (χ0n) is 20.1. The minimum atomic E-state index is -1.10. The van der Waals surface area contributed by atoms with Crippen LogP contribution in [0.4, 0.5) is 0 Å². The Balaban J connectivity index is 2.38. The minimum Gasteiger partial charge on any atom is -0.491 e. The van der Waals surface area contributed by atoms with Gasteiger partial charge in [-0.15, -0.1) is 0 Å². The van der Waals surface area contributed by atoms with Crippen molar-refractivity contribution in [3.8, 4) is 5.75 Å². The Kier molecular flexibility index (Phi) is 9.69. The van der Waals surface area contributed by atoms with Gasteiger partial charge in [0.15, 0.2) is 0 Å². The molecule has 0 spiro atoms. The summed E-state index contributed by atoms with van der Waals surface area (Å²) in [7, 11) is 1.65. The van der Waals surface area contributed by atoms with Crippen LogP contribution in [0.1, 0.15) is 50.9 Å². The summed E-state index contributed by atoms with van der Waals surface area (Å²) in [5.41, 5.74) is 0.253. The Morgan fingerprint density at radius 3 is 2.55 bits per heavy atom. The molecule has 3 atom stereocenters. The van der Waals surface area contributed by atoms with Crippen molar-refractivity contribution in [2.75, 3.05) is 26.7 Å². The van der Waals surface area contributed by atoms with Crippen LogP contribution in [-0.2, 0) is 14.4 Å². The predicted octanol–water partition coefficient (Wildman–Crippen LogP) is 1.33. The van der Waals surface area contributed by atoms with Crippen LogP contribution in [0.3, 0.4) is 0 Å². The number of likely N-dealkylation sites (N-methyl/N-ethyl adjacent to an activating group) is 1. The molecule has 1 heterocycles. The Hall–Kier alpha value is -3.10. The number of carbonyl (C=O) groups is 4. The Labute approximate surface area is 195 Å². The molecule has 3 N–H and O–H groups in total. The van der Waals surface area contributed by atoms with Crippen molar-refractivity contribution in [3.63, 3.8) is 0 Å². The van der Waals surface area contributed by atoms with E-state index in [-0.39, 0.29) is 42.9 Å². The number of carbonyl (C=O) groups excluding carboxylic acids is 4. The molecule has 1 aliphatic rings. The van der Waals surface area contributed by atoms with Gasteiger partial charge in [0.05, 0.1) is 18.5 Å². The minimum absolute atomic E-state index is 0.110. The molecule has 0 saturated carbocycles. The second kappa shape index (κ2) is 12.2. The number of para-hydroxylation sites is 1. The molecule has 0 unspecified atom stereocenters. The molecule has 33 heavy (non-hydrogen) atoms. The summed E-state index contributed by atoms with van der Waals surface area (Å²) in [5, 5.41) is 8.23. The topological polar surface area (TPSA) is 117 Å². The van der Waals surface area contributed by atoms with Gasteiger partial charge in [0.2, 0.25) is 17.7 Å². The number of nitrogens with zero attached hydrogens (tertiary/aromatic N) is 1. The molecular weight excluding hydrogens is 424 g/mol. The highest BCUT2D eigenvalue weighted by molar-refractivity contribution is 6.01. The van der Waals surface area contributed by atoms with Crippen LogP contribution >= 0.6 is 0 Å². The van der Waals surface area contributed by atoms with Crippen molar-refractivity contribution in [2.45, 2.75) is 52.6 Å². The van der Waals surface area contributed by atoms with E-state index in [4.69, 9.17) is 4.74 Å². The molecular formula is C24H36N4O5. The molecule has 0 saturated heterocycles. The van der Waals surface area contributed by atoms with Crippen molar-refractivity contribution in [1.29, 1.82) is 0 Å². The molecule has 182 valence electrons. The summed E-state index contributed by atoms with van der Waals surface area (Å²) < 4.78 is 5.80. The van der Waals surface area contributed by atoms with Crippen molar-refractivity contribution in [3.05, 3.63) is 29.8 Å². The van der Waals surface area contributed by atoms with Gasteiger partial charge in [0.1, 0.15) is 24.4 Å². The van der Waals surface area contributed by atoms with Gasteiger partial charge in [-0.1, -0.05) is 46.2 Å². The van der Waals surface area contributed by atoms with Crippen molar-refractivity contribution < 1.29 is 23.9 Å². The molecule has 9 heteroatoms. The average Bonchev–Trinajstić information content (AvgIpc) is 2.79. The maximum atomic E-state index is 13.1. The monoisotopic (exact) mass is 460 g/mol. The number of benzene rings is 1. The third-order valence-corrected chi connectivity index (χ3v) is 5.68. The number of amides is 4. The van der Waals surface area contributed by atoms with Crippen molar-refractivity contribution in [2.24, 2.45) is 11.8 Å². The van der Waals surface area contributed by atoms with E-state index in [0.717, 1.165) is 0 Å². The first-order chi connectivity index (χ1) is 15.6. The van der Waals surface area contributed by atoms with Gasteiger partial charge in [0.25, 0.3) is 5.91 Å². The van der Waals surface area contributed by atoms with Gasteiger partial charge in [-0.2, -0.15) is 0 Å². The van der Waals surface area contributed by atoms with Crippen LogP contribution in [0.15, 0.2) is 24.3 Å². The second-order valence-electron chi connectivity index (χ2n) is 8.90. The van der Waals surface area contributed by atoms with Crippen LogP contribution in [0.25, 0.3) is 0 Å². The highest BCUT2D eigenvalue weighted by Gasteiger charge is 2.32. The van der Waals surface area contributed by atoms with Gasteiger partial charge >= 0.3 is 0 Å². The van der Waals surface area contributed by atoms with Gasteiger partial charge in [-0.05, 0) is 24.0 Å². The lowest BCUT2D eigenvalue weighted by Gasteiger charge is -2.29. The fourth-order valence-electron chi connectivity index (χ4n) is 3.39. The average molecular weight is 461 g/mol. The first-order valence-corrected chi connectivity index (χ1v) is 11.5. The zero-order chi connectivity index (χ0) is 24.5. The van der Waals surface area contributed by atoms with Gasteiger partial charge < -0.3 is 25.6 Å². The summed E-state index contributed by atoms with van der Waals surface area (Å²) in [4.78, 5) is 53.3. The van der Waals surface area contributed by atoms with Crippen LogP contribution < -0.4 is 20.7 Å². The van der Waals surface area contributed by atoms with E-state index >= 15 is 0 Å². The maximum absolute atomic E-state index is 13.1. The molecule has 4 amide bonds. The number of rotatable bonds is 5. The lowest BCUT2D eigenvalue weighted by Crippen LogP contribution is -2.54. The van der Waals surface area contributed by atoms with Crippen LogP contribution in [0.2, 0.25) is 0 Å². The molecule has 1 aliphatic heterocycles. The third kappa shape index (κ3) is 7.47. The quantitative estimate of drug-likeness (QED) is 0.613. The van der Waals surface area contributed by atoms with E-state index in [1.165, 1.54) is 4.90 Å².